The summed E-state index contributed by atoms with van der Waals surface area (Å²) >= 11 is 0. The van der Waals surface area contributed by atoms with E-state index in [0.29, 0.717) is 6.04 Å². The van der Waals surface area contributed by atoms with Crippen molar-refractivity contribution in [3.05, 3.63) is 71.3 Å². The van der Waals surface area contributed by atoms with Crippen LogP contribution in [0.5, 0.6) is 0 Å². The second-order valence-corrected chi connectivity index (χ2v) is 6.98. The van der Waals surface area contributed by atoms with E-state index in [-0.39, 0.29) is 0 Å². The Labute approximate surface area is 133 Å². The molecule has 1 nitrogen and oxygen atoms in total. The molecule has 0 bridgehead atoms. The van der Waals surface area contributed by atoms with Crippen LogP contribution in [0.1, 0.15) is 41.9 Å². The Kier molecular flexibility index (Phi) is 3.99. The van der Waals surface area contributed by atoms with E-state index >= 15 is 0 Å². The third-order valence-electron chi connectivity index (χ3n) is 5.65. The molecule has 4 rings (SSSR count). The second-order valence-electron chi connectivity index (χ2n) is 6.98. The molecular weight excluding hydrogens is 266 g/mol. The molecule has 0 saturated carbocycles. The van der Waals surface area contributed by atoms with Crippen molar-refractivity contribution >= 4 is 0 Å². The van der Waals surface area contributed by atoms with Crippen LogP contribution in [0.4, 0.5) is 0 Å². The van der Waals surface area contributed by atoms with Gasteiger partial charge in [-0.3, -0.25) is 0 Å². The number of benzene rings is 2. The van der Waals surface area contributed by atoms with Crippen molar-refractivity contribution in [2.45, 2.75) is 44.1 Å². The first-order chi connectivity index (χ1) is 10.9. The van der Waals surface area contributed by atoms with Gasteiger partial charge in [0.05, 0.1) is 0 Å². The normalized spacial score (nSPS) is 27.5. The average Bonchev–Trinajstić information content (AvgIpc) is 2.79. The molecule has 0 aromatic heterocycles. The Morgan fingerprint density at radius 3 is 2.59 bits per heavy atom. The molecule has 2 aromatic rings. The summed E-state index contributed by atoms with van der Waals surface area (Å²) in [5, 5.41) is 3.87. The van der Waals surface area contributed by atoms with Crippen LogP contribution in [0.2, 0.25) is 0 Å². The van der Waals surface area contributed by atoms with Crippen LogP contribution in [0.15, 0.2) is 54.6 Å². The van der Waals surface area contributed by atoms with Gasteiger partial charge < -0.3 is 5.32 Å². The summed E-state index contributed by atoms with van der Waals surface area (Å²) in [5.74, 6) is 1.61. The van der Waals surface area contributed by atoms with Crippen molar-refractivity contribution in [3.8, 4) is 0 Å². The van der Waals surface area contributed by atoms with Gasteiger partial charge in [0.25, 0.3) is 0 Å². The van der Waals surface area contributed by atoms with E-state index in [1.165, 1.54) is 37.7 Å². The summed E-state index contributed by atoms with van der Waals surface area (Å²) in [4.78, 5) is 0. The highest BCUT2D eigenvalue weighted by Gasteiger charge is 2.32. The van der Waals surface area contributed by atoms with Crippen molar-refractivity contribution in [1.82, 2.24) is 5.32 Å². The zero-order valence-electron chi connectivity index (χ0n) is 13.2. The fourth-order valence-electron chi connectivity index (χ4n) is 4.43. The highest BCUT2D eigenvalue weighted by Crippen LogP contribution is 2.40. The van der Waals surface area contributed by atoms with Crippen molar-refractivity contribution in [2.75, 3.05) is 6.54 Å². The first kappa shape index (κ1) is 14.0. The van der Waals surface area contributed by atoms with E-state index in [9.17, 15) is 0 Å². The zero-order chi connectivity index (χ0) is 14.8. The molecule has 0 spiro atoms. The quantitative estimate of drug-likeness (QED) is 0.868. The molecule has 1 aliphatic carbocycles. The predicted octanol–water partition coefficient (Wildman–Crippen LogP) is 4.33. The van der Waals surface area contributed by atoms with Gasteiger partial charge in [-0.1, -0.05) is 54.6 Å². The molecule has 2 aliphatic rings. The molecule has 0 radical (unpaired) electrons. The zero-order valence-corrected chi connectivity index (χ0v) is 13.2. The third-order valence-corrected chi connectivity index (χ3v) is 5.65. The maximum absolute atomic E-state index is 3.87. The average molecular weight is 291 g/mol. The van der Waals surface area contributed by atoms with Gasteiger partial charge in [0.15, 0.2) is 0 Å². The van der Waals surface area contributed by atoms with E-state index in [1.54, 1.807) is 11.1 Å². The van der Waals surface area contributed by atoms with Crippen LogP contribution in [0.3, 0.4) is 0 Å². The van der Waals surface area contributed by atoms with Gasteiger partial charge in [-0.05, 0) is 60.6 Å². The van der Waals surface area contributed by atoms with Crippen LogP contribution in [0.25, 0.3) is 0 Å². The fourth-order valence-corrected chi connectivity index (χ4v) is 4.43. The molecule has 2 aromatic carbocycles. The minimum atomic E-state index is 0.639. The summed E-state index contributed by atoms with van der Waals surface area (Å²) in [6.45, 7) is 1.15. The van der Waals surface area contributed by atoms with Crippen molar-refractivity contribution < 1.29 is 0 Å². The summed E-state index contributed by atoms with van der Waals surface area (Å²) < 4.78 is 0. The summed E-state index contributed by atoms with van der Waals surface area (Å²) in [5.41, 5.74) is 4.67. The molecule has 1 heteroatoms. The number of hydrogen-bond donors (Lipinski definition) is 1. The Morgan fingerprint density at radius 2 is 1.68 bits per heavy atom. The maximum atomic E-state index is 3.87. The Bertz CT molecular complexity index is 619. The molecule has 1 N–H and O–H groups in total. The first-order valence-corrected chi connectivity index (χ1v) is 8.75. The molecule has 1 heterocycles. The first-order valence-electron chi connectivity index (χ1n) is 8.75. The summed E-state index contributed by atoms with van der Waals surface area (Å²) in [6, 6.07) is 20.7. The number of nitrogens with one attached hydrogen (secondary N) is 1. The van der Waals surface area contributed by atoms with Gasteiger partial charge in [0, 0.05) is 12.6 Å². The van der Waals surface area contributed by atoms with E-state index < -0.39 is 0 Å². The van der Waals surface area contributed by atoms with Gasteiger partial charge in [0.1, 0.15) is 0 Å². The molecule has 1 aliphatic heterocycles. The maximum Gasteiger partial charge on any atom is 0.0108 e. The highest BCUT2D eigenvalue weighted by molar-refractivity contribution is 5.34. The molecule has 1 saturated heterocycles. The number of rotatable bonds is 2. The summed E-state index contributed by atoms with van der Waals surface area (Å²) in [7, 11) is 0. The molecule has 22 heavy (non-hydrogen) atoms. The van der Waals surface area contributed by atoms with E-state index in [0.717, 1.165) is 18.4 Å². The molecule has 3 atom stereocenters. The lowest BCUT2D eigenvalue weighted by Gasteiger charge is -2.32. The smallest absolute Gasteiger partial charge is 0.0108 e. The van der Waals surface area contributed by atoms with Crippen LogP contribution >= 0.6 is 0 Å². The van der Waals surface area contributed by atoms with Gasteiger partial charge in [-0.15, -0.1) is 0 Å². The van der Waals surface area contributed by atoms with Crippen LogP contribution in [-0.4, -0.2) is 12.6 Å². The Balaban J connectivity index is 1.49. The van der Waals surface area contributed by atoms with Gasteiger partial charge in [0.2, 0.25) is 0 Å². The van der Waals surface area contributed by atoms with Gasteiger partial charge >= 0.3 is 0 Å². The molecular formula is C21H25N. The lowest BCUT2D eigenvalue weighted by atomic mass is 9.74. The molecule has 1 fully saturated rings. The van der Waals surface area contributed by atoms with Crippen LogP contribution < -0.4 is 5.32 Å². The largest absolute Gasteiger partial charge is 0.313 e. The monoisotopic (exact) mass is 291 g/mol. The lowest BCUT2D eigenvalue weighted by Crippen LogP contribution is -2.33. The number of hydrogen-bond acceptors (Lipinski definition) is 1. The standard InChI is InChI=1S/C21H25N/c1-2-6-16(7-3-1)14-19-13-12-18-11-10-17-8-4-5-9-20(17)21(18)15-22-19/h1-9,18-19,21-22H,10-15H2. The Morgan fingerprint density at radius 1 is 0.864 bits per heavy atom. The SMILES string of the molecule is c1ccc(CC2CCC3CCc4ccccc4C3CN2)cc1. The van der Waals surface area contributed by atoms with Crippen molar-refractivity contribution in [3.63, 3.8) is 0 Å². The third kappa shape index (κ3) is 2.83. The van der Waals surface area contributed by atoms with Crippen molar-refractivity contribution in [1.29, 1.82) is 0 Å². The van der Waals surface area contributed by atoms with Gasteiger partial charge in [-0.2, -0.15) is 0 Å². The molecule has 3 unspecified atom stereocenters. The topological polar surface area (TPSA) is 12.0 Å². The molecule has 0 amide bonds. The van der Waals surface area contributed by atoms with Gasteiger partial charge in [-0.25, -0.2) is 0 Å². The van der Waals surface area contributed by atoms with Crippen molar-refractivity contribution in [2.24, 2.45) is 5.92 Å². The van der Waals surface area contributed by atoms with E-state index in [4.69, 9.17) is 0 Å². The predicted molar refractivity (Wildman–Crippen MR) is 92.2 cm³/mol. The van der Waals surface area contributed by atoms with Crippen LogP contribution in [0, 0.1) is 5.92 Å². The Hall–Kier alpha value is -1.60. The number of aryl methyl sites for hydroxylation is 1. The fraction of sp³-hybridized carbons (Fsp3) is 0.429. The highest BCUT2D eigenvalue weighted by atomic mass is 14.9. The molecule has 114 valence electrons. The summed E-state index contributed by atoms with van der Waals surface area (Å²) in [6.07, 6.45) is 6.52. The van der Waals surface area contributed by atoms with E-state index in [1.807, 2.05) is 0 Å². The second kappa shape index (κ2) is 6.26. The minimum Gasteiger partial charge on any atom is -0.313 e. The number of fused-ring (bicyclic) bond motifs is 3. The van der Waals surface area contributed by atoms with E-state index in [2.05, 4.69) is 59.9 Å². The lowest BCUT2D eigenvalue weighted by molar-refractivity contribution is 0.363. The van der Waals surface area contributed by atoms with Crippen LogP contribution in [-0.2, 0) is 12.8 Å². The minimum absolute atomic E-state index is 0.639.